The van der Waals surface area contributed by atoms with Crippen molar-refractivity contribution in [3.63, 3.8) is 0 Å². The van der Waals surface area contributed by atoms with Crippen LogP contribution in [-0.2, 0) is 17.8 Å². The van der Waals surface area contributed by atoms with Gasteiger partial charge >= 0.3 is 0 Å². The van der Waals surface area contributed by atoms with Gasteiger partial charge < -0.3 is 14.5 Å². The van der Waals surface area contributed by atoms with Crippen LogP contribution >= 0.6 is 0 Å². The van der Waals surface area contributed by atoms with Gasteiger partial charge in [-0.05, 0) is 31.4 Å². The number of hydrogen-bond acceptors (Lipinski definition) is 3. The summed E-state index contributed by atoms with van der Waals surface area (Å²) >= 11 is 0. The molecule has 0 bridgehead atoms. The van der Waals surface area contributed by atoms with Gasteiger partial charge in [-0.25, -0.2) is 9.97 Å². The van der Waals surface area contributed by atoms with E-state index in [2.05, 4.69) is 26.4 Å². The molecule has 1 amide bonds. The minimum atomic E-state index is 0.0520. The second-order valence-corrected chi connectivity index (χ2v) is 6.53. The standard InChI is InChI=1S/C19H23N5O/c1-2-17-22-14-7-3-4-8-15(14)24(17)13-18(25)23-12-6-5-9-16(23)19-20-10-11-21-19/h3-4,7-8,10-11,16H,2,5-6,9,12-13H2,1H3,(H,20,21). The monoisotopic (exact) mass is 337 g/mol. The van der Waals surface area contributed by atoms with Crippen molar-refractivity contribution in [2.75, 3.05) is 6.54 Å². The largest absolute Gasteiger partial charge is 0.347 e. The number of hydrogen-bond donors (Lipinski definition) is 1. The number of amides is 1. The number of imidazole rings is 2. The number of aromatic amines is 1. The summed E-state index contributed by atoms with van der Waals surface area (Å²) in [4.78, 5) is 27.3. The van der Waals surface area contributed by atoms with Crippen LogP contribution in [0.4, 0.5) is 0 Å². The third-order valence-electron chi connectivity index (χ3n) is 5.00. The van der Waals surface area contributed by atoms with Gasteiger partial charge in [-0.1, -0.05) is 19.1 Å². The molecule has 1 aliphatic rings. The number of aryl methyl sites for hydroxylation is 1. The first-order valence-corrected chi connectivity index (χ1v) is 9.01. The Bertz CT molecular complexity index is 867. The first-order chi connectivity index (χ1) is 12.3. The van der Waals surface area contributed by atoms with E-state index < -0.39 is 0 Å². The molecule has 25 heavy (non-hydrogen) atoms. The molecule has 1 aliphatic heterocycles. The van der Waals surface area contributed by atoms with Crippen molar-refractivity contribution in [3.05, 3.63) is 48.3 Å². The summed E-state index contributed by atoms with van der Waals surface area (Å²) in [6.07, 6.45) is 7.53. The van der Waals surface area contributed by atoms with Crippen LogP contribution in [0.2, 0.25) is 0 Å². The highest BCUT2D eigenvalue weighted by Gasteiger charge is 2.30. The molecule has 1 unspecified atom stereocenters. The molecule has 0 saturated carbocycles. The summed E-state index contributed by atoms with van der Waals surface area (Å²) in [5, 5.41) is 0. The molecule has 130 valence electrons. The Hall–Kier alpha value is -2.63. The number of carbonyl (C=O) groups excluding carboxylic acids is 1. The average molecular weight is 337 g/mol. The zero-order chi connectivity index (χ0) is 17.2. The lowest BCUT2D eigenvalue weighted by atomic mass is 10.0. The first kappa shape index (κ1) is 15.9. The smallest absolute Gasteiger partial charge is 0.243 e. The summed E-state index contributed by atoms with van der Waals surface area (Å²) in [5.74, 6) is 1.99. The minimum Gasteiger partial charge on any atom is -0.347 e. The molecule has 1 aromatic carbocycles. The van der Waals surface area contributed by atoms with Crippen molar-refractivity contribution >= 4 is 16.9 Å². The number of nitrogens with zero attached hydrogens (tertiary/aromatic N) is 4. The fourth-order valence-electron chi connectivity index (χ4n) is 3.77. The van der Waals surface area contributed by atoms with E-state index in [9.17, 15) is 4.79 Å². The summed E-state index contributed by atoms with van der Waals surface area (Å²) in [6.45, 7) is 3.20. The molecule has 3 aromatic rings. The van der Waals surface area contributed by atoms with Crippen LogP contribution in [-0.4, -0.2) is 36.9 Å². The number of rotatable bonds is 4. The van der Waals surface area contributed by atoms with E-state index in [1.54, 1.807) is 6.20 Å². The fourth-order valence-corrected chi connectivity index (χ4v) is 3.77. The summed E-state index contributed by atoms with van der Waals surface area (Å²) in [5.41, 5.74) is 1.98. The molecule has 6 heteroatoms. The van der Waals surface area contributed by atoms with Gasteiger partial charge in [0.15, 0.2) is 0 Å². The van der Waals surface area contributed by atoms with Gasteiger partial charge in [-0.15, -0.1) is 0 Å². The van der Waals surface area contributed by atoms with Gasteiger partial charge in [-0.3, -0.25) is 4.79 Å². The number of benzene rings is 1. The van der Waals surface area contributed by atoms with E-state index in [1.807, 2.05) is 35.4 Å². The number of aromatic nitrogens is 4. The number of nitrogens with one attached hydrogen (secondary N) is 1. The highest BCUT2D eigenvalue weighted by molar-refractivity contribution is 5.81. The normalized spacial score (nSPS) is 18.0. The molecule has 1 atom stereocenters. The maximum Gasteiger partial charge on any atom is 0.243 e. The van der Waals surface area contributed by atoms with Crippen LogP contribution in [0.3, 0.4) is 0 Å². The van der Waals surface area contributed by atoms with Crippen LogP contribution in [0, 0.1) is 0 Å². The summed E-state index contributed by atoms with van der Waals surface area (Å²) < 4.78 is 2.06. The highest BCUT2D eigenvalue weighted by Crippen LogP contribution is 2.29. The van der Waals surface area contributed by atoms with E-state index >= 15 is 0 Å². The average Bonchev–Trinajstić information content (AvgIpc) is 3.30. The number of likely N-dealkylation sites (tertiary alicyclic amines) is 1. The Morgan fingerprint density at radius 2 is 2.20 bits per heavy atom. The van der Waals surface area contributed by atoms with Gasteiger partial charge in [0.05, 0.1) is 17.1 Å². The molecule has 0 aliphatic carbocycles. The van der Waals surface area contributed by atoms with Crippen LogP contribution in [0.25, 0.3) is 11.0 Å². The fraction of sp³-hybridized carbons (Fsp3) is 0.421. The molecular weight excluding hydrogens is 314 g/mol. The van der Waals surface area contributed by atoms with Gasteiger partial charge in [0, 0.05) is 25.4 Å². The molecule has 0 spiro atoms. The van der Waals surface area contributed by atoms with Gasteiger partial charge in [-0.2, -0.15) is 0 Å². The molecular formula is C19H23N5O. The quantitative estimate of drug-likeness (QED) is 0.795. The van der Waals surface area contributed by atoms with E-state index in [-0.39, 0.29) is 11.9 Å². The number of carbonyl (C=O) groups is 1. The zero-order valence-electron chi connectivity index (χ0n) is 14.5. The predicted molar refractivity (Wildman–Crippen MR) is 96.0 cm³/mol. The lowest BCUT2D eigenvalue weighted by Gasteiger charge is -2.34. The predicted octanol–water partition coefficient (Wildman–Crippen LogP) is 3.08. The van der Waals surface area contributed by atoms with Crippen LogP contribution in [0.1, 0.15) is 43.9 Å². The molecule has 1 saturated heterocycles. The van der Waals surface area contributed by atoms with Crippen molar-refractivity contribution < 1.29 is 4.79 Å². The number of para-hydroxylation sites is 2. The van der Waals surface area contributed by atoms with E-state index in [4.69, 9.17) is 0 Å². The molecule has 1 N–H and O–H groups in total. The van der Waals surface area contributed by atoms with Crippen molar-refractivity contribution in [2.24, 2.45) is 0 Å². The second-order valence-electron chi connectivity index (χ2n) is 6.53. The SMILES string of the molecule is CCc1nc2ccccc2n1CC(=O)N1CCCCC1c1ncc[nH]1. The summed E-state index contributed by atoms with van der Waals surface area (Å²) in [7, 11) is 0. The van der Waals surface area contributed by atoms with Crippen molar-refractivity contribution in [3.8, 4) is 0 Å². The van der Waals surface area contributed by atoms with Gasteiger partial charge in [0.25, 0.3) is 0 Å². The zero-order valence-corrected chi connectivity index (χ0v) is 14.5. The Balaban J connectivity index is 1.63. The van der Waals surface area contributed by atoms with Gasteiger partial charge in [0.1, 0.15) is 18.2 Å². The lowest BCUT2D eigenvalue weighted by molar-refractivity contribution is -0.135. The van der Waals surface area contributed by atoms with E-state index in [0.717, 1.165) is 54.9 Å². The Morgan fingerprint density at radius 3 is 3.00 bits per heavy atom. The molecule has 4 rings (SSSR count). The van der Waals surface area contributed by atoms with Crippen molar-refractivity contribution in [1.82, 2.24) is 24.4 Å². The number of fused-ring (bicyclic) bond motifs is 1. The van der Waals surface area contributed by atoms with Crippen LogP contribution in [0.5, 0.6) is 0 Å². The third kappa shape index (κ3) is 2.92. The van der Waals surface area contributed by atoms with E-state index in [0.29, 0.717) is 6.54 Å². The Morgan fingerprint density at radius 1 is 1.32 bits per heavy atom. The Kier molecular flexibility index (Phi) is 4.26. The third-order valence-corrected chi connectivity index (χ3v) is 5.00. The lowest BCUT2D eigenvalue weighted by Crippen LogP contribution is -2.41. The van der Waals surface area contributed by atoms with Gasteiger partial charge in [0.2, 0.25) is 5.91 Å². The molecule has 3 heterocycles. The maximum atomic E-state index is 13.1. The Labute approximate surface area is 146 Å². The van der Waals surface area contributed by atoms with Crippen LogP contribution in [0.15, 0.2) is 36.7 Å². The second kappa shape index (κ2) is 6.70. The minimum absolute atomic E-state index is 0.0520. The van der Waals surface area contributed by atoms with Crippen molar-refractivity contribution in [2.45, 2.75) is 45.2 Å². The number of piperidine rings is 1. The maximum absolute atomic E-state index is 13.1. The van der Waals surface area contributed by atoms with Crippen LogP contribution < -0.4 is 0 Å². The summed E-state index contributed by atoms with van der Waals surface area (Å²) in [6, 6.07) is 8.07. The molecule has 1 fully saturated rings. The topological polar surface area (TPSA) is 66.8 Å². The first-order valence-electron chi connectivity index (χ1n) is 9.01. The number of H-pyrrole nitrogens is 1. The molecule has 0 radical (unpaired) electrons. The highest BCUT2D eigenvalue weighted by atomic mass is 16.2. The van der Waals surface area contributed by atoms with E-state index in [1.165, 1.54) is 0 Å². The van der Waals surface area contributed by atoms with Crippen molar-refractivity contribution in [1.29, 1.82) is 0 Å². The molecule has 6 nitrogen and oxygen atoms in total. The molecule has 2 aromatic heterocycles.